The summed E-state index contributed by atoms with van der Waals surface area (Å²) in [7, 11) is 0. The van der Waals surface area contributed by atoms with Crippen LogP contribution in [0.1, 0.15) is 203 Å². The molecule has 6 aromatic rings. The molecule has 0 atom stereocenters. The summed E-state index contributed by atoms with van der Waals surface area (Å²) in [5.41, 5.74) is 16.4. The summed E-state index contributed by atoms with van der Waals surface area (Å²) < 4.78 is 11.7. The van der Waals surface area contributed by atoms with E-state index >= 15 is 0 Å². The van der Waals surface area contributed by atoms with E-state index in [1.807, 2.05) is 0 Å². The van der Waals surface area contributed by atoms with Gasteiger partial charge in [-0.05, 0) is 0 Å². The van der Waals surface area contributed by atoms with Gasteiger partial charge in [0, 0.05) is 0 Å². The van der Waals surface area contributed by atoms with E-state index in [0.29, 0.717) is 47.3 Å². The van der Waals surface area contributed by atoms with Crippen molar-refractivity contribution in [3.8, 4) is 22.7 Å². The van der Waals surface area contributed by atoms with Crippen LogP contribution in [0.5, 0.6) is 0 Å². The Labute approximate surface area is 464 Å². The number of rotatable bonds is 12. The van der Waals surface area contributed by atoms with Crippen LogP contribution >= 0.6 is 0 Å². The van der Waals surface area contributed by atoms with E-state index in [1.54, 1.807) is 0 Å². The number of para-hydroxylation sites is 4. The first-order valence-corrected chi connectivity index (χ1v) is 25.2. The summed E-state index contributed by atoms with van der Waals surface area (Å²) in [5.74, 6) is 3.69. The standard InChI is InChI=1S/2C27H36N2Se.2Ag.2NO3/c2*1-17(2)21-11-9-12-22(18(3)4)25(21)28-15-16-29(27(28)30)26-23(19(5)6)13-10-14-24(26)20(7)8;;;2*2-1(3)4/h2*9-20H,1-8H3;;;;/q;;2*+1;2*-1. The van der Waals surface area contributed by atoms with Crippen molar-refractivity contribution in [2.45, 2.75) is 158 Å². The molecule has 0 aliphatic heterocycles. The minimum absolute atomic E-state index is 0. The molecule has 0 spiro atoms. The average molecular weight is 1270 g/mol. The predicted octanol–water partition coefficient (Wildman–Crippen LogP) is 11.6. The van der Waals surface area contributed by atoms with Gasteiger partial charge in [-0.25, -0.2) is 0 Å². The Morgan fingerprint density at radius 3 is 0.729 bits per heavy atom. The van der Waals surface area contributed by atoms with Gasteiger partial charge < -0.3 is 30.6 Å². The van der Waals surface area contributed by atoms with Crippen molar-refractivity contribution >= 4 is 41.5 Å². The first-order chi connectivity index (χ1) is 31.8. The van der Waals surface area contributed by atoms with Crippen molar-refractivity contribution in [3.05, 3.63) is 173 Å². The molecule has 0 saturated heterocycles. The van der Waals surface area contributed by atoms with Crippen LogP contribution in [0, 0.1) is 30.6 Å². The van der Waals surface area contributed by atoms with Crippen LogP contribution in [-0.4, -0.2) is 51.3 Å². The SMILES string of the molecule is CC(C)c1cccc(C(C)C)c1-n1cc[n+](-c2c(C(C)C)cccc2C(C)C)c1[Se-].CC(C)c1cccc(C(C)C)c1-n1cc[n+](-c2c(C(C)C)cccc2C(C)C)c1[Se-].O=[N+]([O-])[O-].O=[N+]([O-])[O-].[Ag+].[Ag+]. The zero-order valence-electron chi connectivity index (χ0n) is 43.4. The number of benzene rings is 4. The Hall–Kier alpha value is -3.78. The fourth-order valence-corrected chi connectivity index (χ4v) is 9.87. The molecule has 0 amide bonds. The van der Waals surface area contributed by atoms with Gasteiger partial charge in [0.05, 0.1) is 10.2 Å². The van der Waals surface area contributed by atoms with Gasteiger partial charge in [-0.1, -0.05) is 0 Å². The van der Waals surface area contributed by atoms with Gasteiger partial charge in [-0.15, -0.1) is 0 Å². The molecule has 0 unspecified atom stereocenters. The minimum atomic E-state index is -1.75. The van der Waals surface area contributed by atoms with E-state index < -0.39 is 10.2 Å². The van der Waals surface area contributed by atoms with E-state index in [4.69, 9.17) is 30.6 Å². The second-order valence-corrected chi connectivity index (χ2v) is 21.0. The fourth-order valence-electron chi connectivity index (χ4n) is 8.59. The molecule has 6 rings (SSSR count). The number of hydrogen-bond donors (Lipinski definition) is 0. The van der Waals surface area contributed by atoms with E-state index in [9.17, 15) is 0 Å². The molecular formula is C54H72Ag2N6O6Se2. The zero-order valence-corrected chi connectivity index (χ0v) is 49.8. The molecule has 0 saturated carbocycles. The molecule has 388 valence electrons. The third kappa shape index (κ3) is 16.1. The summed E-state index contributed by atoms with van der Waals surface area (Å²) in [5, 5.41) is 29.5. The second-order valence-electron chi connectivity index (χ2n) is 19.5. The Morgan fingerprint density at radius 1 is 0.386 bits per heavy atom. The molecule has 2 aromatic heterocycles. The van der Waals surface area contributed by atoms with E-state index in [-0.39, 0.29) is 44.8 Å². The predicted molar refractivity (Wildman–Crippen MR) is 279 cm³/mol. The monoisotopic (exact) mass is 1270 g/mol. The van der Waals surface area contributed by atoms with Crippen molar-refractivity contribution in [2.75, 3.05) is 0 Å². The van der Waals surface area contributed by atoms with Gasteiger partial charge in [-0.3, -0.25) is 0 Å². The third-order valence-electron chi connectivity index (χ3n) is 11.9. The number of imidazole rings is 2. The zero-order chi connectivity index (χ0) is 51.5. The third-order valence-corrected chi connectivity index (χ3v) is 13.5. The van der Waals surface area contributed by atoms with Gasteiger partial charge in [0.1, 0.15) is 0 Å². The van der Waals surface area contributed by atoms with Crippen LogP contribution < -0.4 is 18.6 Å². The Bertz CT molecular complexity index is 2190. The maximum absolute atomic E-state index is 8.25. The Kier molecular flexibility index (Phi) is 26.7. The topological polar surface area (TPSA) is 150 Å². The van der Waals surface area contributed by atoms with Crippen molar-refractivity contribution in [1.82, 2.24) is 9.13 Å². The summed E-state index contributed by atoms with van der Waals surface area (Å²) in [6.07, 6.45) is 8.89. The van der Waals surface area contributed by atoms with Crippen molar-refractivity contribution in [2.24, 2.45) is 0 Å². The van der Waals surface area contributed by atoms with Crippen molar-refractivity contribution in [1.29, 1.82) is 0 Å². The van der Waals surface area contributed by atoms with Gasteiger partial charge >= 0.3 is 427 Å². The normalized spacial score (nSPS) is 11.0. The smallest absolute Gasteiger partial charge is 0.356 e. The Morgan fingerprint density at radius 2 is 0.557 bits per heavy atom. The number of nitrogens with zero attached hydrogens (tertiary/aromatic N) is 6. The summed E-state index contributed by atoms with van der Waals surface area (Å²) in [4.78, 5) is 16.5. The van der Waals surface area contributed by atoms with Crippen LogP contribution in [0.15, 0.2) is 97.6 Å². The molecule has 12 nitrogen and oxygen atoms in total. The summed E-state index contributed by atoms with van der Waals surface area (Å²) in [6, 6.07) is 27.0. The van der Waals surface area contributed by atoms with Gasteiger partial charge in [0.2, 0.25) is 0 Å². The van der Waals surface area contributed by atoms with Crippen LogP contribution in [-0.2, 0) is 44.8 Å². The molecule has 0 fully saturated rings. The molecule has 2 heterocycles. The second kappa shape index (κ2) is 29.1. The molecule has 0 aliphatic carbocycles. The maximum Gasteiger partial charge on any atom is 1.00 e. The van der Waals surface area contributed by atoms with Crippen LogP contribution in [0.3, 0.4) is 0 Å². The number of aromatic nitrogens is 4. The molecule has 0 bridgehead atoms. The average Bonchev–Trinajstić information content (AvgIpc) is 3.82. The van der Waals surface area contributed by atoms with E-state index in [2.05, 4.69) is 259 Å². The Balaban J connectivity index is 0.000000592. The van der Waals surface area contributed by atoms with Crippen molar-refractivity contribution in [3.63, 3.8) is 0 Å². The largest absolute Gasteiger partial charge is 1.00 e. The van der Waals surface area contributed by atoms with Gasteiger partial charge in [0.15, 0.2) is 0 Å². The van der Waals surface area contributed by atoms with Crippen LogP contribution in [0.25, 0.3) is 22.7 Å². The quantitative estimate of drug-likeness (QED) is 0.0515. The van der Waals surface area contributed by atoms with Gasteiger partial charge in [-0.2, -0.15) is 0 Å². The maximum atomic E-state index is 8.25. The molecule has 16 heteroatoms. The van der Waals surface area contributed by atoms with Crippen LogP contribution in [0.2, 0.25) is 0 Å². The molecule has 0 aliphatic rings. The molecule has 0 radical (unpaired) electrons. The first kappa shape index (κ1) is 64.2. The van der Waals surface area contributed by atoms with E-state index in [1.165, 1.54) is 67.3 Å². The summed E-state index contributed by atoms with van der Waals surface area (Å²) in [6.45, 7) is 36.5. The van der Waals surface area contributed by atoms with Crippen molar-refractivity contribution < 1.29 is 64.1 Å². The molecular weight excluding hydrogens is 1200 g/mol. The molecule has 0 N–H and O–H groups in total. The molecule has 70 heavy (non-hydrogen) atoms. The van der Waals surface area contributed by atoms with E-state index in [0.717, 1.165) is 9.45 Å². The number of hydrogen-bond acceptors (Lipinski definition) is 6. The first-order valence-electron chi connectivity index (χ1n) is 23.5. The van der Waals surface area contributed by atoms with Crippen LogP contribution in [0.4, 0.5) is 0 Å². The molecule has 4 aromatic carbocycles. The summed E-state index contributed by atoms with van der Waals surface area (Å²) >= 11 is 6.81. The minimum Gasteiger partial charge on any atom is -0.356 e. The fraction of sp³-hybridized carbons (Fsp3) is 0.444. The van der Waals surface area contributed by atoms with Gasteiger partial charge in [0.25, 0.3) is 0 Å².